The van der Waals surface area contributed by atoms with Crippen LogP contribution in [0.4, 0.5) is 0 Å². The van der Waals surface area contributed by atoms with Gasteiger partial charge in [-0.25, -0.2) is 0 Å². The van der Waals surface area contributed by atoms with Crippen molar-refractivity contribution in [2.75, 3.05) is 13.2 Å². The molecule has 0 aliphatic carbocycles. The second-order valence-electron chi connectivity index (χ2n) is 2.25. The third kappa shape index (κ3) is 5.76. The number of hydrogen-bond donors (Lipinski definition) is 0. The molecule has 0 atom stereocenters. The molecule has 2 heteroatoms. The largest absolute Gasteiger partial charge is 0.381 e. The third-order valence-corrected chi connectivity index (χ3v) is 1.27. The summed E-state index contributed by atoms with van der Waals surface area (Å²) in [5.74, 6) is 0.288. The summed E-state index contributed by atoms with van der Waals surface area (Å²) in [5, 5.41) is 0. The van der Waals surface area contributed by atoms with Gasteiger partial charge in [-0.15, -0.1) is 0 Å². The average molecular weight is 144 g/mol. The molecule has 0 saturated heterocycles. The van der Waals surface area contributed by atoms with E-state index in [0.29, 0.717) is 19.4 Å². The van der Waals surface area contributed by atoms with Crippen LogP contribution in [0.5, 0.6) is 0 Å². The fourth-order valence-electron chi connectivity index (χ4n) is 0.609. The van der Waals surface area contributed by atoms with E-state index >= 15 is 0 Å². The van der Waals surface area contributed by atoms with Gasteiger partial charge in [-0.1, -0.05) is 13.8 Å². The number of ketones is 1. The lowest BCUT2D eigenvalue weighted by Gasteiger charge is -1.99. The van der Waals surface area contributed by atoms with E-state index in [1.807, 2.05) is 6.92 Å². The molecule has 0 aliphatic rings. The lowest BCUT2D eigenvalue weighted by Crippen LogP contribution is -2.02. The smallest absolute Gasteiger partial charge is 0.134 e. The first-order chi connectivity index (χ1) is 4.81. The highest BCUT2D eigenvalue weighted by Crippen LogP contribution is 1.90. The predicted octanol–water partition coefficient (Wildman–Crippen LogP) is 1.78. The molecular formula is C8H16O2. The summed E-state index contributed by atoms with van der Waals surface area (Å²) in [7, 11) is 0. The standard InChI is InChI=1S/C8H16O2/c1-3-6-10-7-5-8(9)4-2/h3-7H2,1-2H3. The van der Waals surface area contributed by atoms with Crippen LogP contribution in [0.3, 0.4) is 0 Å². The Labute approximate surface area is 62.6 Å². The minimum Gasteiger partial charge on any atom is -0.381 e. The lowest BCUT2D eigenvalue weighted by molar-refractivity contribution is -0.119. The molecule has 0 aromatic heterocycles. The van der Waals surface area contributed by atoms with Crippen molar-refractivity contribution in [1.29, 1.82) is 0 Å². The zero-order chi connectivity index (χ0) is 7.82. The Kier molecular flexibility index (Phi) is 6.50. The number of carbonyl (C=O) groups excluding carboxylic acids is 1. The van der Waals surface area contributed by atoms with Crippen LogP contribution >= 0.6 is 0 Å². The van der Waals surface area contributed by atoms with E-state index < -0.39 is 0 Å². The van der Waals surface area contributed by atoms with Crippen LogP contribution in [0.15, 0.2) is 0 Å². The first kappa shape index (κ1) is 9.63. The van der Waals surface area contributed by atoms with E-state index in [-0.39, 0.29) is 5.78 Å². The van der Waals surface area contributed by atoms with Gasteiger partial charge in [0.15, 0.2) is 0 Å². The molecule has 0 spiro atoms. The second-order valence-corrected chi connectivity index (χ2v) is 2.25. The molecular weight excluding hydrogens is 128 g/mol. The van der Waals surface area contributed by atoms with Crippen molar-refractivity contribution in [2.45, 2.75) is 33.1 Å². The van der Waals surface area contributed by atoms with Crippen molar-refractivity contribution in [3.63, 3.8) is 0 Å². The zero-order valence-electron chi connectivity index (χ0n) is 6.85. The molecule has 0 rings (SSSR count). The van der Waals surface area contributed by atoms with E-state index in [4.69, 9.17) is 4.74 Å². The van der Waals surface area contributed by atoms with Crippen molar-refractivity contribution in [2.24, 2.45) is 0 Å². The van der Waals surface area contributed by atoms with Crippen molar-refractivity contribution >= 4 is 5.78 Å². The summed E-state index contributed by atoms with van der Waals surface area (Å²) in [6.07, 6.45) is 2.24. The SMILES string of the molecule is CCCOCCC(=O)CC. The number of Topliss-reactive ketones (excluding diaryl/α,β-unsaturated/α-hetero) is 1. The molecule has 10 heavy (non-hydrogen) atoms. The Bertz CT molecular complexity index is 89.3. The molecule has 0 saturated carbocycles. The van der Waals surface area contributed by atoms with Crippen molar-refractivity contribution in [1.82, 2.24) is 0 Å². The molecule has 0 heterocycles. The quantitative estimate of drug-likeness (QED) is 0.531. The van der Waals surface area contributed by atoms with Gasteiger partial charge >= 0.3 is 0 Å². The molecule has 0 fully saturated rings. The van der Waals surface area contributed by atoms with Crippen molar-refractivity contribution in [3.8, 4) is 0 Å². The number of hydrogen-bond acceptors (Lipinski definition) is 2. The monoisotopic (exact) mass is 144 g/mol. The van der Waals surface area contributed by atoms with E-state index in [9.17, 15) is 4.79 Å². The number of rotatable bonds is 6. The van der Waals surface area contributed by atoms with Gasteiger partial charge in [0, 0.05) is 19.4 Å². The molecule has 2 nitrogen and oxygen atoms in total. The van der Waals surface area contributed by atoms with Crippen molar-refractivity contribution < 1.29 is 9.53 Å². The zero-order valence-corrected chi connectivity index (χ0v) is 6.85. The molecule has 0 unspecified atom stereocenters. The summed E-state index contributed by atoms with van der Waals surface area (Å²) in [5.41, 5.74) is 0. The van der Waals surface area contributed by atoms with Gasteiger partial charge in [-0.3, -0.25) is 4.79 Å². The maximum Gasteiger partial charge on any atom is 0.134 e. The minimum absolute atomic E-state index is 0.288. The third-order valence-electron chi connectivity index (χ3n) is 1.27. The van der Waals surface area contributed by atoms with E-state index in [1.54, 1.807) is 0 Å². The number of carbonyl (C=O) groups is 1. The Morgan fingerprint density at radius 3 is 2.50 bits per heavy atom. The first-order valence-corrected chi connectivity index (χ1v) is 3.90. The average Bonchev–Trinajstić information content (AvgIpc) is 1.98. The summed E-state index contributed by atoms with van der Waals surface area (Å²) in [6.45, 7) is 5.31. The van der Waals surface area contributed by atoms with Gasteiger partial charge in [0.05, 0.1) is 6.61 Å². The highest BCUT2D eigenvalue weighted by atomic mass is 16.5. The topological polar surface area (TPSA) is 26.3 Å². The maximum absolute atomic E-state index is 10.7. The second kappa shape index (κ2) is 6.75. The van der Waals surface area contributed by atoms with Crippen LogP contribution in [-0.4, -0.2) is 19.0 Å². The van der Waals surface area contributed by atoms with Crippen LogP contribution < -0.4 is 0 Å². The molecule has 0 aromatic rings. The lowest BCUT2D eigenvalue weighted by atomic mass is 10.2. The summed E-state index contributed by atoms with van der Waals surface area (Å²) >= 11 is 0. The van der Waals surface area contributed by atoms with Crippen LogP contribution in [0.25, 0.3) is 0 Å². The van der Waals surface area contributed by atoms with Crippen LogP contribution in [0.1, 0.15) is 33.1 Å². The van der Waals surface area contributed by atoms with E-state index in [1.165, 1.54) is 0 Å². The molecule has 60 valence electrons. The fourth-order valence-corrected chi connectivity index (χ4v) is 0.609. The minimum atomic E-state index is 0.288. The number of ether oxygens (including phenoxy) is 1. The summed E-state index contributed by atoms with van der Waals surface area (Å²) in [4.78, 5) is 10.7. The van der Waals surface area contributed by atoms with Gasteiger partial charge in [-0.05, 0) is 6.42 Å². The van der Waals surface area contributed by atoms with Crippen LogP contribution in [-0.2, 0) is 9.53 Å². The summed E-state index contributed by atoms with van der Waals surface area (Å²) in [6, 6.07) is 0. The van der Waals surface area contributed by atoms with Gasteiger partial charge in [-0.2, -0.15) is 0 Å². The molecule has 0 N–H and O–H groups in total. The highest BCUT2D eigenvalue weighted by molar-refractivity contribution is 5.78. The normalized spacial score (nSPS) is 9.80. The van der Waals surface area contributed by atoms with Gasteiger partial charge < -0.3 is 4.74 Å². The van der Waals surface area contributed by atoms with Crippen LogP contribution in [0, 0.1) is 0 Å². The highest BCUT2D eigenvalue weighted by Gasteiger charge is 1.95. The fraction of sp³-hybridized carbons (Fsp3) is 0.875. The van der Waals surface area contributed by atoms with E-state index in [2.05, 4.69) is 6.92 Å². The Morgan fingerprint density at radius 1 is 1.30 bits per heavy atom. The van der Waals surface area contributed by atoms with Gasteiger partial charge in [0.1, 0.15) is 5.78 Å². The molecule has 0 aliphatic heterocycles. The molecule has 0 amide bonds. The van der Waals surface area contributed by atoms with Gasteiger partial charge in [0.25, 0.3) is 0 Å². The molecule has 0 bridgehead atoms. The maximum atomic E-state index is 10.7. The summed E-state index contributed by atoms with van der Waals surface area (Å²) < 4.78 is 5.13. The first-order valence-electron chi connectivity index (χ1n) is 3.90. The Balaban J connectivity index is 2.96. The Morgan fingerprint density at radius 2 is 2.00 bits per heavy atom. The molecule has 0 aromatic carbocycles. The Hall–Kier alpha value is -0.370. The van der Waals surface area contributed by atoms with Crippen LogP contribution in [0.2, 0.25) is 0 Å². The van der Waals surface area contributed by atoms with E-state index in [0.717, 1.165) is 13.0 Å². The molecule has 0 radical (unpaired) electrons. The predicted molar refractivity (Wildman–Crippen MR) is 41.0 cm³/mol. The van der Waals surface area contributed by atoms with Crippen molar-refractivity contribution in [3.05, 3.63) is 0 Å². The van der Waals surface area contributed by atoms with Gasteiger partial charge in [0.2, 0.25) is 0 Å².